The standard InChI is InChI=1S/C12H11N3O4/c16-9(17)6-15-5-1-2-8(12(15)18)11-13-10(14-19-11)7-3-4-7/h1-2,5,7H,3-4,6H2,(H,16,17). The van der Waals surface area contributed by atoms with Crippen LogP contribution in [0.1, 0.15) is 24.6 Å². The average Bonchev–Trinajstić information content (AvgIpc) is 3.10. The van der Waals surface area contributed by atoms with Gasteiger partial charge in [-0.05, 0) is 25.0 Å². The highest BCUT2D eigenvalue weighted by Gasteiger charge is 2.29. The lowest BCUT2D eigenvalue weighted by Crippen LogP contribution is -2.24. The molecule has 0 bridgehead atoms. The Hall–Kier alpha value is -2.44. The molecule has 2 heterocycles. The molecule has 0 atom stereocenters. The van der Waals surface area contributed by atoms with Gasteiger partial charge in [-0.25, -0.2) is 0 Å². The van der Waals surface area contributed by atoms with Gasteiger partial charge in [0.2, 0.25) is 0 Å². The molecule has 98 valence electrons. The molecule has 3 rings (SSSR count). The number of carbonyl (C=O) groups is 1. The Morgan fingerprint density at radius 2 is 2.32 bits per heavy atom. The molecular formula is C12H11N3O4. The van der Waals surface area contributed by atoms with E-state index < -0.39 is 18.1 Å². The molecule has 0 saturated heterocycles. The van der Waals surface area contributed by atoms with Crippen LogP contribution in [0.2, 0.25) is 0 Å². The van der Waals surface area contributed by atoms with Gasteiger partial charge in [-0.15, -0.1) is 0 Å². The Morgan fingerprint density at radius 1 is 1.53 bits per heavy atom. The van der Waals surface area contributed by atoms with Crippen LogP contribution in [-0.2, 0) is 11.3 Å². The van der Waals surface area contributed by atoms with E-state index in [4.69, 9.17) is 9.63 Å². The molecule has 0 spiro atoms. The fraction of sp³-hybridized carbons (Fsp3) is 0.333. The molecular weight excluding hydrogens is 250 g/mol. The molecule has 1 aliphatic carbocycles. The van der Waals surface area contributed by atoms with Crippen LogP contribution in [0.25, 0.3) is 11.5 Å². The molecule has 0 unspecified atom stereocenters. The summed E-state index contributed by atoms with van der Waals surface area (Å²) in [6, 6.07) is 3.13. The van der Waals surface area contributed by atoms with Gasteiger partial charge in [0, 0.05) is 12.1 Å². The molecule has 1 fully saturated rings. The number of rotatable bonds is 4. The molecule has 7 heteroatoms. The van der Waals surface area contributed by atoms with E-state index in [1.807, 2.05) is 0 Å². The first-order chi connectivity index (χ1) is 9.15. The molecule has 7 nitrogen and oxygen atoms in total. The number of pyridine rings is 1. The predicted octanol–water partition coefficient (Wildman–Crippen LogP) is 0.860. The summed E-state index contributed by atoms with van der Waals surface area (Å²) in [4.78, 5) is 26.9. The number of carboxylic acid groups (broad SMARTS) is 1. The largest absolute Gasteiger partial charge is 0.480 e. The third-order valence-corrected chi connectivity index (χ3v) is 2.94. The van der Waals surface area contributed by atoms with Gasteiger partial charge in [0.1, 0.15) is 12.1 Å². The maximum Gasteiger partial charge on any atom is 0.323 e. The second kappa shape index (κ2) is 4.34. The number of nitrogens with zero attached hydrogens (tertiary/aromatic N) is 3. The molecule has 0 radical (unpaired) electrons. The van der Waals surface area contributed by atoms with Gasteiger partial charge in [0.25, 0.3) is 11.4 Å². The zero-order chi connectivity index (χ0) is 13.4. The van der Waals surface area contributed by atoms with Crippen molar-refractivity contribution in [2.75, 3.05) is 0 Å². The normalized spacial score (nSPS) is 14.5. The topological polar surface area (TPSA) is 98.2 Å². The maximum atomic E-state index is 12.1. The van der Waals surface area contributed by atoms with Crippen LogP contribution in [0.15, 0.2) is 27.6 Å². The van der Waals surface area contributed by atoms with Gasteiger partial charge in [0.05, 0.1) is 0 Å². The molecule has 1 aliphatic rings. The van der Waals surface area contributed by atoms with Gasteiger partial charge in [-0.1, -0.05) is 5.16 Å². The first-order valence-corrected chi connectivity index (χ1v) is 5.90. The van der Waals surface area contributed by atoms with Crippen LogP contribution in [0.3, 0.4) is 0 Å². The highest BCUT2D eigenvalue weighted by Crippen LogP contribution is 2.38. The minimum absolute atomic E-state index is 0.145. The van der Waals surface area contributed by atoms with Crippen molar-refractivity contribution in [3.05, 3.63) is 34.5 Å². The summed E-state index contributed by atoms with van der Waals surface area (Å²) < 4.78 is 6.17. The molecule has 0 aliphatic heterocycles. The van der Waals surface area contributed by atoms with Crippen LogP contribution >= 0.6 is 0 Å². The quantitative estimate of drug-likeness (QED) is 0.876. The Morgan fingerprint density at radius 3 is 3.00 bits per heavy atom. The van der Waals surface area contributed by atoms with Crippen molar-refractivity contribution in [1.82, 2.24) is 14.7 Å². The van der Waals surface area contributed by atoms with E-state index in [-0.39, 0.29) is 11.5 Å². The zero-order valence-electron chi connectivity index (χ0n) is 9.94. The van der Waals surface area contributed by atoms with Crippen LogP contribution in [0.4, 0.5) is 0 Å². The van der Waals surface area contributed by atoms with Crippen molar-refractivity contribution >= 4 is 5.97 Å². The average molecular weight is 261 g/mol. The summed E-state index contributed by atoms with van der Waals surface area (Å²) in [6.07, 6.45) is 3.49. The van der Waals surface area contributed by atoms with Gasteiger partial charge in [-0.3, -0.25) is 9.59 Å². The number of aromatic nitrogens is 3. The minimum atomic E-state index is -1.08. The summed E-state index contributed by atoms with van der Waals surface area (Å²) in [6.45, 7) is -0.393. The van der Waals surface area contributed by atoms with Crippen LogP contribution in [0.5, 0.6) is 0 Å². The summed E-state index contributed by atoms with van der Waals surface area (Å²) in [7, 11) is 0. The van der Waals surface area contributed by atoms with E-state index in [1.54, 1.807) is 12.1 Å². The van der Waals surface area contributed by atoms with Crippen molar-refractivity contribution in [2.45, 2.75) is 25.3 Å². The highest BCUT2D eigenvalue weighted by molar-refractivity contribution is 5.66. The Bertz CT molecular complexity index is 684. The molecule has 0 amide bonds. The van der Waals surface area contributed by atoms with E-state index in [0.29, 0.717) is 11.7 Å². The van der Waals surface area contributed by atoms with E-state index in [9.17, 15) is 9.59 Å². The van der Waals surface area contributed by atoms with Crippen molar-refractivity contribution in [3.8, 4) is 11.5 Å². The lowest BCUT2D eigenvalue weighted by atomic mass is 10.2. The third kappa shape index (κ3) is 2.26. The summed E-state index contributed by atoms with van der Waals surface area (Å²) in [5, 5.41) is 12.6. The minimum Gasteiger partial charge on any atom is -0.480 e. The number of hydrogen-bond donors (Lipinski definition) is 1. The van der Waals surface area contributed by atoms with Crippen LogP contribution < -0.4 is 5.56 Å². The Labute approximate surface area is 107 Å². The van der Waals surface area contributed by atoms with E-state index in [1.165, 1.54) is 6.20 Å². The van der Waals surface area contributed by atoms with Gasteiger partial charge >= 0.3 is 5.97 Å². The van der Waals surface area contributed by atoms with Crippen LogP contribution in [0, 0.1) is 0 Å². The number of carboxylic acids is 1. The fourth-order valence-electron chi connectivity index (χ4n) is 1.82. The monoisotopic (exact) mass is 261 g/mol. The van der Waals surface area contributed by atoms with E-state index in [0.717, 1.165) is 17.4 Å². The summed E-state index contributed by atoms with van der Waals surface area (Å²) >= 11 is 0. The van der Waals surface area contributed by atoms with Crippen LogP contribution in [-0.4, -0.2) is 25.8 Å². The number of aliphatic carboxylic acids is 1. The molecule has 2 aromatic rings. The zero-order valence-corrected chi connectivity index (χ0v) is 9.94. The first-order valence-electron chi connectivity index (χ1n) is 5.90. The van der Waals surface area contributed by atoms with Crippen molar-refractivity contribution in [2.24, 2.45) is 0 Å². The van der Waals surface area contributed by atoms with Crippen molar-refractivity contribution < 1.29 is 14.4 Å². The first kappa shape index (κ1) is 11.6. The van der Waals surface area contributed by atoms with Gasteiger partial charge in [0.15, 0.2) is 5.82 Å². The molecule has 1 saturated carbocycles. The number of hydrogen-bond acceptors (Lipinski definition) is 5. The lowest BCUT2D eigenvalue weighted by molar-refractivity contribution is -0.137. The smallest absolute Gasteiger partial charge is 0.323 e. The fourth-order valence-corrected chi connectivity index (χ4v) is 1.82. The maximum absolute atomic E-state index is 12.1. The third-order valence-electron chi connectivity index (χ3n) is 2.94. The molecule has 2 aromatic heterocycles. The van der Waals surface area contributed by atoms with Crippen molar-refractivity contribution in [1.29, 1.82) is 0 Å². The Balaban J connectivity index is 1.99. The van der Waals surface area contributed by atoms with E-state index >= 15 is 0 Å². The summed E-state index contributed by atoms with van der Waals surface area (Å²) in [5.41, 5.74) is -0.223. The van der Waals surface area contributed by atoms with E-state index in [2.05, 4.69) is 10.1 Å². The lowest BCUT2D eigenvalue weighted by Gasteiger charge is -2.02. The highest BCUT2D eigenvalue weighted by atomic mass is 16.5. The van der Waals surface area contributed by atoms with Crippen molar-refractivity contribution in [3.63, 3.8) is 0 Å². The molecule has 1 N–H and O–H groups in total. The predicted molar refractivity (Wildman–Crippen MR) is 63.6 cm³/mol. The van der Waals surface area contributed by atoms with Gasteiger partial charge in [-0.2, -0.15) is 4.98 Å². The second-order valence-corrected chi connectivity index (χ2v) is 4.48. The molecule has 0 aromatic carbocycles. The SMILES string of the molecule is O=C(O)Cn1cccc(-c2nc(C3CC3)no2)c1=O. The molecule has 19 heavy (non-hydrogen) atoms. The second-order valence-electron chi connectivity index (χ2n) is 4.48. The Kier molecular flexibility index (Phi) is 2.66. The van der Waals surface area contributed by atoms with Gasteiger partial charge < -0.3 is 14.2 Å². The summed E-state index contributed by atoms with van der Waals surface area (Å²) in [5.74, 6) is 0.0144.